The van der Waals surface area contributed by atoms with Crippen molar-refractivity contribution in [2.24, 2.45) is 11.3 Å². The fourth-order valence-corrected chi connectivity index (χ4v) is 5.48. The standard InChI is InChI=1S/C23H24N2O4S2/c1-23(2,3)20(22(27)28)25-21(26)14-8-9-16-13(10-11-30-16)19(14)29-12-18-24-15-6-4-5-7-17(15)31-18/h4-11,13,16,20H,12H2,1-3H3,(H,25,26)(H,27,28). The van der Waals surface area contributed by atoms with Crippen molar-refractivity contribution < 1.29 is 19.4 Å². The number of carbonyl (C=O) groups excluding carboxylic acids is 1. The molecule has 31 heavy (non-hydrogen) atoms. The zero-order valence-electron chi connectivity index (χ0n) is 17.5. The molecule has 2 heterocycles. The van der Waals surface area contributed by atoms with Gasteiger partial charge in [0.05, 0.1) is 21.7 Å². The Bertz CT molecular complexity index is 1080. The Kier molecular flexibility index (Phi) is 5.94. The molecule has 0 radical (unpaired) electrons. The van der Waals surface area contributed by atoms with E-state index >= 15 is 0 Å². The van der Waals surface area contributed by atoms with Crippen LogP contribution >= 0.6 is 23.1 Å². The second kappa shape index (κ2) is 8.51. The van der Waals surface area contributed by atoms with Crippen molar-refractivity contribution in [2.45, 2.75) is 38.7 Å². The predicted octanol–water partition coefficient (Wildman–Crippen LogP) is 4.50. The number of nitrogens with zero attached hydrogens (tertiary/aromatic N) is 1. The summed E-state index contributed by atoms with van der Waals surface area (Å²) in [4.78, 5) is 29.4. The Morgan fingerprint density at radius 3 is 2.74 bits per heavy atom. The van der Waals surface area contributed by atoms with Crippen LogP contribution in [0.5, 0.6) is 0 Å². The largest absolute Gasteiger partial charge is 0.489 e. The van der Waals surface area contributed by atoms with Crippen LogP contribution in [0.25, 0.3) is 10.2 Å². The van der Waals surface area contributed by atoms with Gasteiger partial charge >= 0.3 is 5.97 Å². The molecule has 2 N–H and O–H groups in total. The molecule has 1 aromatic heterocycles. The van der Waals surface area contributed by atoms with Crippen LogP contribution in [0, 0.1) is 11.3 Å². The van der Waals surface area contributed by atoms with Crippen LogP contribution in [0.3, 0.4) is 0 Å². The fraction of sp³-hybridized carbons (Fsp3) is 0.348. The monoisotopic (exact) mass is 456 g/mol. The van der Waals surface area contributed by atoms with Crippen LogP contribution in [0.4, 0.5) is 0 Å². The maximum absolute atomic E-state index is 13.1. The van der Waals surface area contributed by atoms with Crippen LogP contribution in [0.2, 0.25) is 0 Å². The third kappa shape index (κ3) is 4.55. The molecule has 0 saturated heterocycles. The fourth-order valence-electron chi connectivity index (χ4n) is 3.61. The highest BCUT2D eigenvalue weighted by Crippen LogP contribution is 2.41. The van der Waals surface area contributed by atoms with Gasteiger partial charge in [0.2, 0.25) is 0 Å². The van der Waals surface area contributed by atoms with Crippen LogP contribution in [0.1, 0.15) is 25.8 Å². The molecule has 3 unspecified atom stereocenters. The normalized spacial score (nSPS) is 21.3. The maximum atomic E-state index is 13.1. The number of benzene rings is 1. The van der Waals surface area contributed by atoms with Crippen molar-refractivity contribution in [3.05, 3.63) is 64.2 Å². The number of hydrogen-bond acceptors (Lipinski definition) is 6. The number of carboxylic acids is 1. The van der Waals surface area contributed by atoms with Gasteiger partial charge in [0.25, 0.3) is 5.91 Å². The summed E-state index contributed by atoms with van der Waals surface area (Å²) in [6.45, 7) is 5.61. The number of aromatic nitrogens is 1. The van der Waals surface area contributed by atoms with E-state index in [2.05, 4.69) is 10.3 Å². The van der Waals surface area contributed by atoms with Crippen molar-refractivity contribution in [3.63, 3.8) is 0 Å². The number of allylic oxidation sites excluding steroid dienone is 1. The SMILES string of the molecule is CC(C)(C)C(NC(=O)C1=C(OCc2nc3ccccc3s2)C2C=CSC2C=C1)C(=O)O. The molecule has 0 bridgehead atoms. The number of thioether (sulfide) groups is 1. The van der Waals surface area contributed by atoms with Crippen LogP contribution in [-0.2, 0) is 20.9 Å². The van der Waals surface area contributed by atoms with E-state index in [1.54, 1.807) is 49.9 Å². The number of carboxylic acid groups (broad SMARTS) is 1. The topological polar surface area (TPSA) is 88.5 Å². The summed E-state index contributed by atoms with van der Waals surface area (Å²) < 4.78 is 7.26. The van der Waals surface area contributed by atoms with Crippen LogP contribution < -0.4 is 5.32 Å². The molecule has 1 aliphatic heterocycles. The first-order valence-electron chi connectivity index (χ1n) is 9.99. The Morgan fingerprint density at radius 2 is 2.03 bits per heavy atom. The minimum atomic E-state index is -1.06. The van der Waals surface area contributed by atoms with Crippen molar-refractivity contribution in [1.29, 1.82) is 0 Å². The molecule has 0 saturated carbocycles. The van der Waals surface area contributed by atoms with Gasteiger partial charge in [-0.05, 0) is 29.0 Å². The third-order valence-electron chi connectivity index (χ3n) is 5.22. The Hall–Kier alpha value is -2.58. The number of thiazole rings is 1. The van der Waals surface area contributed by atoms with E-state index in [1.807, 2.05) is 41.8 Å². The third-order valence-corrected chi connectivity index (χ3v) is 7.31. The van der Waals surface area contributed by atoms with Gasteiger partial charge < -0.3 is 15.2 Å². The zero-order valence-corrected chi connectivity index (χ0v) is 19.1. The van der Waals surface area contributed by atoms with Gasteiger partial charge in [0.1, 0.15) is 23.4 Å². The number of ether oxygens (including phenoxy) is 1. The summed E-state index contributed by atoms with van der Waals surface area (Å²) in [6.07, 6.45) is 5.74. The minimum Gasteiger partial charge on any atom is -0.489 e. The average molecular weight is 457 g/mol. The molecule has 1 aromatic carbocycles. The summed E-state index contributed by atoms with van der Waals surface area (Å²) >= 11 is 3.23. The van der Waals surface area contributed by atoms with E-state index in [0.717, 1.165) is 15.2 Å². The lowest BCUT2D eigenvalue weighted by Gasteiger charge is -2.30. The predicted molar refractivity (Wildman–Crippen MR) is 124 cm³/mol. The quantitative estimate of drug-likeness (QED) is 0.666. The molecule has 6 nitrogen and oxygen atoms in total. The first-order valence-corrected chi connectivity index (χ1v) is 11.8. The lowest BCUT2D eigenvalue weighted by atomic mass is 9.86. The summed E-state index contributed by atoms with van der Waals surface area (Å²) in [5, 5.41) is 15.3. The number of aliphatic carboxylic acids is 1. The Balaban J connectivity index is 1.60. The molecule has 1 aliphatic carbocycles. The molecule has 0 fully saturated rings. The molecule has 2 aliphatic rings. The number of para-hydroxylation sites is 1. The highest BCUT2D eigenvalue weighted by molar-refractivity contribution is 8.03. The molecular weight excluding hydrogens is 432 g/mol. The van der Waals surface area contributed by atoms with E-state index in [4.69, 9.17) is 4.74 Å². The molecule has 8 heteroatoms. The van der Waals surface area contributed by atoms with Crippen molar-refractivity contribution in [3.8, 4) is 0 Å². The zero-order chi connectivity index (χ0) is 22.2. The van der Waals surface area contributed by atoms with Gasteiger partial charge in [0.15, 0.2) is 0 Å². The van der Waals surface area contributed by atoms with Crippen molar-refractivity contribution in [1.82, 2.24) is 10.3 Å². The summed E-state index contributed by atoms with van der Waals surface area (Å²) in [5.74, 6) is -1.01. The average Bonchev–Trinajstić information content (AvgIpc) is 3.35. The molecule has 162 valence electrons. The highest BCUT2D eigenvalue weighted by atomic mass is 32.2. The first-order chi connectivity index (χ1) is 14.7. The summed E-state index contributed by atoms with van der Waals surface area (Å²) in [5.41, 5.74) is 0.656. The molecular formula is C23H24N2O4S2. The molecule has 0 spiro atoms. The maximum Gasteiger partial charge on any atom is 0.326 e. The first kappa shape index (κ1) is 21.6. The number of nitrogens with one attached hydrogen (secondary N) is 1. The van der Waals surface area contributed by atoms with Crippen LogP contribution in [-0.4, -0.2) is 33.3 Å². The van der Waals surface area contributed by atoms with Gasteiger partial charge in [-0.2, -0.15) is 0 Å². The van der Waals surface area contributed by atoms with E-state index in [9.17, 15) is 14.7 Å². The van der Waals surface area contributed by atoms with Gasteiger partial charge in [0, 0.05) is 5.25 Å². The molecule has 4 rings (SSSR count). The smallest absolute Gasteiger partial charge is 0.326 e. The van der Waals surface area contributed by atoms with Crippen molar-refractivity contribution >= 4 is 45.2 Å². The van der Waals surface area contributed by atoms with E-state index in [0.29, 0.717) is 11.3 Å². The summed E-state index contributed by atoms with van der Waals surface area (Å²) in [6, 6.07) is 6.88. The van der Waals surface area contributed by atoms with E-state index < -0.39 is 23.3 Å². The number of hydrogen-bond donors (Lipinski definition) is 2. The van der Waals surface area contributed by atoms with Gasteiger partial charge in [-0.1, -0.05) is 45.1 Å². The number of fused-ring (bicyclic) bond motifs is 2. The van der Waals surface area contributed by atoms with Crippen molar-refractivity contribution in [2.75, 3.05) is 0 Å². The van der Waals surface area contributed by atoms with E-state index in [1.165, 1.54) is 0 Å². The lowest BCUT2D eigenvalue weighted by Crippen LogP contribution is -2.49. The lowest BCUT2D eigenvalue weighted by molar-refractivity contribution is -0.144. The second-order valence-corrected chi connectivity index (χ2v) is 10.8. The Labute approximate surface area is 189 Å². The summed E-state index contributed by atoms with van der Waals surface area (Å²) in [7, 11) is 0. The molecule has 1 amide bonds. The number of rotatable bonds is 6. The highest BCUT2D eigenvalue weighted by Gasteiger charge is 2.37. The number of carbonyl (C=O) groups is 2. The molecule has 2 aromatic rings. The van der Waals surface area contributed by atoms with E-state index in [-0.39, 0.29) is 17.8 Å². The van der Waals surface area contributed by atoms with Crippen LogP contribution in [0.15, 0.2) is 59.2 Å². The number of amides is 1. The minimum absolute atomic E-state index is 0.0666. The Morgan fingerprint density at radius 1 is 1.26 bits per heavy atom. The van der Waals surface area contributed by atoms with Gasteiger partial charge in [-0.25, -0.2) is 9.78 Å². The van der Waals surface area contributed by atoms with Gasteiger partial charge in [-0.3, -0.25) is 4.79 Å². The second-order valence-electron chi connectivity index (χ2n) is 8.57. The molecule has 3 atom stereocenters. The van der Waals surface area contributed by atoms with Gasteiger partial charge in [-0.15, -0.1) is 23.1 Å².